The van der Waals surface area contributed by atoms with Gasteiger partial charge in [0.25, 0.3) is 0 Å². The molecule has 2 atom stereocenters. The van der Waals surface area contributed by atoms with Crippen molar-refractivity contribution in [1.29, 1.82) is 0 Å². The predicted octanol–water partition coefficient (Wildman–Crippen LogP) is 4.05. The van der Waals surface area contributed by atoms with Gasteiger partial charge in [0.15, 0.2) is 6.29 Å². The molecule has 1 aliphatic rings. The van der Waals surface area contributed by atoms with E-state index in [1.807, 2.05) is 0 Å². The van der Waals surface area contributed by atoms with Crippen molar-refractivity contribution in [2.45, 2.75) is 78.3 Å². The molecule has 0 bridgehead atoms. The molecular formula is C14H26O2. The number of unbranched alkanes of at least 4 members (excludes halogenated alkanes) is 1. The van der Waals surface area contributed by atoms with Gasteiger partial charge in [-0.25, -0.2) is 0 Å². The van der Waals surface area contributed by atoms with Gasteiger partial charge >= 0.3 is 0 Å². The standard InChI is InChI=1S/C14H26O2/c1-6-8-9-12(7-2)13-15-11(3)10-14(4,5)16-13/h9,11,13H,6-8,10H2,1-5H3. The highest BCUT2D eigenvalue weighted by atomic mass is 16.7. The van der Waals surface area contributed by atoms with Gasteiger partial charge < -0.3 is 9.47 Å². The Bertz CT molecular complexity index is 243. The molecule has 0 spiro atoms. The Morgan fingerprint density at radius 2 is 2.06 bits per heavy atom. The third-order valence-electron chi connectivity index (χ3n) is 2.97. The van der Waals surface area contributed by atoms with Crippen LogP contribution in [0.25, 0.3) is 0 Å². The molecule has 1 saturated heterocycles. The Kier molecular flexibility index (Phi) is 5.00. The van der Waals surface area contributed by atoms with Crippen molar-refractivity contribution in [3.8, 4) is 0 Å². The van der Waals surface area contributed by atoms with E-state index in [1.165, 1.54) is 12.0 Å². The van der Waals surface area contributed by atoms with Gasteiger partial charge in [0.1, 0.15) is 0 Å². The van der Waals surface area contributed by atoms with Crippen molar-refractivity contribution < 1.29 is 9.47 Å². The molecule has 0 N–H and O–H groups in total. The fraction of sp³-hybridized carbons (Fsp3) is 0.857. The molecule has 1 aliphatic heterocycles. The summed E-state index contributed by atoms with van der Waals surface area (Å²) >= 11 is 0. The highest BCUT2D eigenvalue weighted by Crippen LogP contribution is 2.31. The molecule has 16 heavy (non-hydrogen) atoms. The molecular weight excluding hydrogens is 200 g/mol. The van der Waals surface area contributed by atoms with Crippen molar-refractivity contribution in [2.24, 2.45) is 0 Å². The lowest BCUT2D eigenvalue weighted by Gasteiger charge is -2.40. The van der Waals surface area contributed by atoms with E-state index in [1.54, 1.807) is 0 Å². The van der Waals surface area contributed by atoms with Gasteiger partial charge in [-0.15, -0.1) is 0 Å². The summed E-state index contributed by atoms with van der Waals surface area (Å²) in [6, 6.07) is 0. The van der Waals surface area contributed by atoms with Gasteiger partial charge in [-0.2, -0.15) is 0 Å². The van der Waals surface area contributed by atoms with Crippen molar-refractivity contribution >= 4 is 0 Å². The second-order valence-corrected chi connectivity index (χ2v) is 5.28. The third kappa shape index (κ3) is 3.91. The molecule has 0 aromatic heterocycles. The zero-order valence-corrected chi connectivity index (χ0v) is 11.4. The van der Waals surface area contributed by atoms with Crippen LogP contribution in [0.1, 0.15) is 60.3 Å². The lowest BCUT2D eigenvalue weighted by atomic mass is 9.98. The van der Waals surface area contributed by atoms with E-state index < -0.39 is 0 Å². The molecule has 2 heteroatoms. The third-order valence-corrected chi connectivity index (χ3v) is 2.97. The summed E-state index contributed by atoms with van der Waals surface area (Å²) in [7, 11) is 0. The molecule has 0 amide bonds. The molecule has 2 nitrogen and oxygen atoms in total. The van der Waals surface area contributed by atoms with Crippen LogP contribution >= 0.6 is 0 Å². The molecule has 2 unspecified atom stereocenters. The van der Waals surface area contributed by atoms with Gasteiger partial charge in [0, 0.05) is 6.42 Å². The first-order chi connectivity index (χ1) is 7.48. The maximum atomic E-state index is 6.00. The zero-order chi connectivity index (χ0) is 12.2. The monoisotopic (exact) mass is 226 g/mol. The molecule has 0 radical (unpaired) electrons. The Hall–Kier alpha value is -0.340. The first-order valence-electron chi connectivity index (χ1n) is 6.50. The number of hydrogen-bond acceptors (Lipinski definition) is 2. The second-order valence-electron chi connectivity index (χ2n) is 5.28. The predicted molar refractivity (Wildman–Crippen MR) is 67.4 cm³/mol. The average Bonchev–Trinajstić information content (AvgIpc) is 2.15. The molecule has 0 aromatic carbocycles. The van der Waals surface area contributed by atoms with Crippen LogP contribution in [0.3, 0.4) is 0 Å². The van der Waals surface area contributed by atoms with Gasteiger partial charge in [0.05, 0.1) is 11.7 Å². The average molecular weight is 226 g/mol. The fourth-order valence-corrected chi connectivity index (χ4v) is 2.22. The van der Waals surface area contributed by atoms with Crippen LogP contribution in [0.2, 0.25) is 0 Å². The van der Waals surface area contributed by atoms with E-state index in [-0.39, 0.29) is 18.0 Å². The molecule has 0 saturated carbocycles. The normalized spacial score (nSPS) is 30.4. The Labute approximate surface area is 100 Å². The maximum Gasteiger partial charge on any atom is 0.180 e. The van der Waals surface area contributed by atoms with Crippen molar-refractivity contribution in [2.75, 3.05) is 0 Å². The summed E-state index contributed by atoms with van der Waals surface area (Å²) in [6.45, 7) is 10.8. The summed E-state index contributed by atoms with van der Waals surface area (Å²) in [5, 5.41) is 0. The van der Waals surface area contributed by atoms with Crippen molar-refractivity contribution in [3.05, 3.63) is 11.6 Å². The van der Waals surface area contributed by atoms with Crippen LogP contribution in [0.5, 0.6) is 0 Å². The largest absolute Gasteiger partial charge is 0.346 e. The SMILES string of the molecule is CCCC=C(CC)C1OC(C)CC(C)(C)O1. The second kappa shape index (κ2) is 5.83. The van der Waals surface area contributed by atoms with Gasteiger partial charge in [-0.05, 0) is 39.2 Å². The maximum absolute atomic E-state index is 6.00. The molecule has 1 fully saturated rings. The number of ether oxygens (including phenoxy) is 2. The van der Waals surface area contributed by atoms with Gasteiger partial charge in [-0.3, -0.25) is 0 Å². The fourth-order valence-electron chi connectivity index (χ4n) is 2.22. The minimum atomic E-state index is -0.129. The summed E-state index contributed by atoms with van der Waals surface area (Å²) in [5.41, 5.74) is 1.23. The molecule has 1 rings (SSSR count). The Morgan fingerprint density at radius 3 is 2.56 bits per heavy atom. The minimum absolute atomic E-state index is 0.0667. The highest BCUT2D eigenvalue weighted by Gasteiger charge is 2.34. The molecule has 0 aromatic rings. The lowest BCUT2D eigenvalue weighted by Crippen LogP contribution is -2.43. The Balaban J connectivity index is 2.70. The quantitative estimate of drug-likeness (QED) is 0.673. The molecule has 1 heterocycles. The van der Waals surface area contributed by atoms with Crippen LogP contribution in [0, 0.1) is 0 Å². The summed E-state index contributed by atoms with van der Waals surface area (Å²) in [6.07, 6.45) is 6.69. The van der Waals surface area contributed by atoms with Crippen LogP contribution < -0.4 is 0 Å². The number of rotatable bonds is 4. The Morgan fingerprint density at radius 1 is 1.38 bits per heavy atom. The van der Waals surface area contributed by atoms with Gasteiger partial charge in [-0.1, -0.05) is 26.3 Å². The van der Waals surface area contributed by atoms with Crippen molar-refractivity contribution in [3.63, 3.8) is 0 Å². The van der Waals surface area contributed by atoms with Crippen LogP contribution in [0.15, 0.2) is 11.6 Å². The van der Waals surface area contributed by atoms with E-state index in [0.717, 1.165) is 19.3 Å². The van der Waals surface area contributed by atoms with Crippen LogP contribution in [-0.4, -0.2) is 18.0 Å². The van der Waals surface area contributed by atoms with E-state index in [0.29, 0.717) is 0 Å². The van der Waals surface area contributed by atoms with E-state index >= 15 is 0 Å². The molecule has 0 aliphatic carbocycles. The topological polar surface area (TPSA) is 18.5 Å². The summed E-state index contributed by atoms with van der Waals surface area (Å²) in [5.74, 6) is 0. The molecule has 94 valence electrons. The van der Waals surface area contributed by atoms with Crippen LogP contribution in [0.4, 0.5) is 0 Å². The first kappa shape index (κ1) is 13.7. The van der Waals surface area contributed by atoms with Crippen LogP contribution in [-0.2, 0) is 9.47 Å². The van der Waals surface area contributed by atoms with E-state index in [4.69, 9.17) is 9.47 Å². The summed E-state index contributed by atoms with van der Waals surface area (Å²) < 4.78 is 11.9. The lowest BCUT2D eigenvalue weighted by molar-refractivity contribution is -0.252. The van der Waals surface area contributed by atoms with E-state index in [9.17, 15) is 0 Å². The van der Waals surface area contributed by atoms with E-state index in [2.05, 4.69) is 40.7 Å². The first-order valence-corrected chi connectivity index (χ1v) is 6.50. The van der Waals surface area contributed by atoms with Crippen molar-refractivity contribution in [1.82, 2.24) is 0 Å². The minimum Gasteiger partial charge on any atom is -0.346 e. The number of allylic oxidation sites excluding steroid dienone is 1. The highest BCUT2D eigenvalue weighted by molar-refractivity contribution is 5.06. The zero-order valence-electron chi connectivity index (χ0n) is 11.4. The summed E-state index contributed by atoms with van der Waals surface area (Å²) in [4.78, 5) is 0. The van der Waals surface area contributed by atoms with Gasteiger partial charge in [0.2, 0.25) is 0 Å². The smallest absolute Gasteiger partial charge is 0.180 e. The number of hydrogen-bond donors (Lipinski definition) is 0.